The van der Waals surface area contributed by atoms with E-state index in [1.165, 1.54) is 43.5 Å². The number of likely N-dealkylation sites (tertiary alicyclic amines) is 1. The van der Waals surface area contributed by atoms with Crippen molar-refractivity contribution in [3.8, 4) is 11.3 Å². The van der Waals surface area contributed by atoms with E-state index in [0.29, 0.717) is 0 Å². The van der Waals surface area contributed by atoms with E-state index in [0.717, 1.165) is 35.1 Å². The monoisotopic (exact) mass is 372 g/mol. The summed E-state index contributed by atoms with van der Waals surface area (Å²) >= 11 is 0. The molecule has 1 aromatic heterocycles. The van der Waals surface area contributed by atoms with Crippen LogP contribution in [-0.2, 0) is 6.54 Å². The van der Waals surface area contributed by atoms with Gasteiger partial charge in [-0.15, -0.1) is 0 Å². The lowest BCUT2D eigenvalue weighted by Gasteiger charge is -2.26. The Morgan fingerprint density at radius 1 is 0.857 bits per heavy atom. The van der Waals surface area contributed by atoms with Gasteiger partial charge in [-0.3, -0.25) is 4.90 Å². The lowest BCUT2D eigenvalue weighted by molar-refractivity contribution is 0.221. The van der Waals surface area contributed by atoms with Gasteiger partial charge in [-0.25, -0.2) is 9.97 Å². The molecule has 2 heterocycles. The second kappa shape index (κ2) is 8.53. The van der Waals surface area contributed by atoms with Gasteiger partial charge in [0.05, 0.1) is 5.69 Å². The molecule has 4 nitrogen and oxygen atoms in total. The van der Waals surface area contributed by atoms with Gasteiger partial charge in [0.25, 0.3) is 0 Å². The topological polar surface area (TPSA) is 41.0 Å². The van der Waals surface area contributed by atoms with Crippen LogP contribution >= 0.6 is 0 Å². The summed E-state index contributed by atoms with van der Waals surface area (Å²) in [5, 5.41) is 3.43. The number of benzene rings is 2. The van der Waals surface area contributed by atoms with Crippen molar-refractivity contribution in [2.75, 3.05) is 18.4 Å². The Morgan fingerprint density at radius 2 is 1.57 bits per heavy atom. The molecule has 0 aliphatic carbocycles. The molecule has 3 aromatic rings. The predicted molar refractivity (Wildman–Crippen MR) is 116 cm³/mol. The molecule has 0 spiro atoms. The highest BCUT2D eigenvalue weighted by Gasteiger charge is 2.10. The van der Waals surface area contributed by atoms with Crippen LogP contribution in [0.15, 0.2) is 54.6 Å². The number of anilines is 2. The van der Waals surface area contributed by atoms with Gasteiger partial charge < -0.3 is 5.32 Å². The first-order chi connectivity index (χ1) is 13.7. The molecule has 0 radical (unpaired) electrons. The van der Waals surface area contributed by atoms with Crippen molar-refractivity contribution in [3.63, 3.8) is 0 Å². The normalized spacial score (nSPS) is 14.8. The molecule has 0 saturated carbocycles. The first-order valence-electron chi connectivity index (χ1n) is 10.2. The van der Waals surface area contributed by atoms with Crippen molar-refractivity contribution < 1.29 is 0 Å². The van der Waals surface area contributed by atoms with Gasteiger partial charge in [-0.1, -0.05) is 48.4 Å². The summed E-state index contributed by atoms with van der Waals surface area (Å²) in [7, 11) is 0. The Balaban J connectivity index is 1.47. The Bertz CT molecular complexity index is 910. The molecule has 2 aromatic carbocycles. The van der Waals surface area contributed by atoms with E-state index in [1.807, 2.05) is 13.0 Å². The predicted octanol–water partition coefficient (Wildman–Crippen LogP) is 5.49. The second-order valence-electron chi connectivity index (χ2n) is 7.71. The van der Waals surface area contributed by atoms with Crippen LogP contribution in [0.1, 0.15) is 36.2 Å². The third-order valence-corrected chi connectivity index (χ3v) is 5.27. The Morgan fingerprint density at radius 3 is 2.29 bits per heavy atom. The highest BCUT2D eigenvalue weighted by molar-refractivity contribution is 5.66. The summed E-state index contributed by atoms with van der Waals surface area (Å²) in [5.74, 6) is 1.59. The molecule has 1 N–H and O–H groups in total. The Hall–Kier alpha value is -2.72. The molecule has 4 heteroatoms. The largest absolute Gasteiger partial charge is 0.340 e. The number of aromatic nitrogens is 2. The van der Waals surface area contributed by atoms with Gasteiger partial charge >= 0.3 is 0 Å². The van der Waals surface area contributed by atoms with Gasteiger partial charge in [0.1, 0.15) is 11.6 Å². The minimum absolute atomic E-state index is 0.766. The second-order valence-corrected chi connectivity index (χ2v) is 7.71. The maximum atomic E-state index is 4.60. The molecule has 144 valence electrons. The van der Waals surface area contributed by atoms with E-state index in [1.54, 1.807) is 0 Å². The maximum Gasteiger partial charge on any atom is 0.134 e. The molecule has 4 rings (SSSR count). The van der Waals surface area contributed by atoms with Crippen molar-refractivity contribution in [2.24, 2.45) is 0 Å². The minimum atomic E-state index is 0.766. The van der Waals surface area contributed by atoms with E-state index >= 15 is 0 Å². The van der Waals surface area contributed by atoms with Crippen LogP contribution in [0, 0.1) is 13.8 Å². The van der Waals surface area contributed by atoms with E-state index in [4.69, 9.17) is 0 Å². The molecule has 0 atom stereocenters. The fourth-order valence-corrected chi connectivity index (χ4v) is 3.72. The van der Waals surface area contributed by atoms with Crippen molar-refractivity contribution >= 4 is 11.5 Å². The molecule has 1 aliphatic rings. The molecule has 0 amide bonds. The number of rotatable bonds is 5. The number of nitrogens with one attached hydrogen (secondary N) is 1. The summed E-state index contributed by atoms with van der Waals surface area (Å²) < 4.78 is 0. The van der Waals surface area contributed by atoms with Crippen LogP contribution < -0.4 is 5.32 Å². The molecule has 0 bridgehead atoms. The summed E-state index contributed by atoms with van der Waals surface area (Å²) in [6.45, 7) is 7.52. The van der Waals surface area contributed by atoms with Crippen LogP contribution in [0.3, 0.4) is 0 Å². The number of piperidine rings is 1. The number of hydrogen-bond acceptors (Lipinski definition) is 4. The quantitative estimate of drug-likeness (QED) is 0.643. The van der Waals surface area contributed by atoms with Crippen molar-refractivity contribution in [3.05, 3.63) is 71.5 Å². The van der Waals surface area contributed by atoms with Gasteiger partial charge in [-0.05, 0) is 57.5 Å². The molecule has 1 aliphatic heterocycles. The summed E-state index contributed by atoms with van der Waals surface area (Å²) in [6, 6.07) is 19.2. The van der Waals surface area contributed by atoms with Crippen LogP contribution in [0.25, 0.3) is 11.3 Å². The first kappa shape index (κ1) is 18.6. The van der Waals surface area contributed by atoms with Gasteiger partial charge in [-0.2, -0.15) is 0 Å². The molecule has 1 fully saturated rings. The highest BCUT2D eigenvalue weighted by atomic mass is 15.1. The highest BCUT2D eigenvalue weighted by Crippen LogP contribution is 2.23. The zero-order valence-corrected chi connectivity index (χ0v) is 16.8. The molecular formula is C24H28N4. The standard InChI is InChI=1S/C24H28N4/c1-18-6-10-21(11-7-18)23-16-24(26-19(2)25-23)27-22-12-8-20(9-13-22)17-28-14-4-3-5-15-28/h6-13,16H,3-5,14-15,17H2,1-2H3,(H,25,26,27). The van der Waals surface area contributed by atoms with E-state index in [2.05, 4.69) is 75.6 Å². The van der Waals surface area contributed by atoms with E-state index in [-0.39, 0.29) is 0 Å². The summed E-state index contributed by atoms with van der Waals surface area (Å²) in [6.07, 6.45) is 4.04. The lowest BCUT2D eigenvalue weighted by atomic mass is 10.1. The SMILES string of the molecule is Cc1ccc(-c2cc(Nc3ccc(CN4CCCCC4)cc3)nc(C)n2)cc1. The molecule has 1 saturated heterocycles. The summed E-state index contributed by atoms with van der Waals surface area (Å²) in [4.78, 5) is 11.7. The fraction of sp³-hybridized carbons (Fsp3) is 0.333. The zero-order chi connectivity index (χ0) is 19.3. The third kappa shape index (κ3) is 4.76. The maximum absolute atomic E-state index is 4.60. The van der Waals surface area contributed by atoms with Crippen LogP contribution in [0.4, 0.5) is 11.5 Å². The Labute approximate surface area is 167 Å². The molecule has 0 unspecified atom stereocenters. The minimum Gasteiger partial charge on any atom is -0.340 e. The third-order valence-electron chi connectivity index (χ3n) is 5.27. The molecular weight excluding hydrogens is 344 g/mol. The zero-order valence-electron chi connectivity index (χ0n) is 16.8. The van der Waals surface area contributed by atoms with E-state index < -0.39 is 0 Å². The number of hydrogen-bond donors (Lipinski definition) is 1. The van der Waals surface area contributed by atoms with Gasteiger partial charge in [0.15, 0.2) is 0 Å². The lowest BCUT2D eigenvalue weighted by Crippen LogP contribution is -2.29. The van der Waals surface area contributed by atoms with Crippen molar-refractivity contribution in [1.29, 1.82) is 0 Å². The van der Waals surface area contributed by atoms with E-state index in [9.17, 15) is 0 Å². The number of nitrogens with zero attached hydrogens (tertiary/aromatic N) is 3. The smallest absolute Gasteiger partial charge is 0.134 e. The van der Waals surface area contributed by atoms with Crippen LogP contribution in [-0.4, -0.2) is 28.0 Å². The average Bonchev–Trinajstić information content (AvgIpc) is 2.70. The van der Waals surface area contributed by atoms with Crippen LogP contribution in [0.2, 0.25) is 0 Å². The number of aryl methyl sites for hydroxylation is 2. The fourth-order valence-electron chi connectivity index (χ4n) is 3.72. The summed E-state index contributed by atoms with van der Waals surface area (Å²) in [5.41, 5.74) is 5.72. The van der Waals surface area contributed by atoms with Crippen molar-refractivity contribution in [2.45, 2.75) is 39.7 Å². The Kier molecular flexibility index (Phi) is 5.68. The first-order valence-corrected chi connectivity index (χ1v) is 10.2. The average molecular weight is 373 g/mol. The van der Waals surface area contributed by atoms with Gasteiger partial charge in [0, 0.05) is 23.9 Å². The van der Waals surface area contributed by atoms with Crippen molar-refractivity contribution in [1.82, 2.24) is 14.9 Å². The van der Waals surface area contributed by atoms with Crippen LogP contribution in [0.5, 0.6) is 0 Å². The molecule has 28 heavy (non-hydrogen) atoms. The van der Waals surface area contributed by atoms with Gasteiger partial charge in [0.2, 0.25) is 0 Å².